The van der Waals surface area contributed by atoms with Crippen LogP contribution in [-0.2, 0) is 13.1 Å². The van der Waals surface area contributed by atoms with Crippen molar-refractivity contribution >= 4 is 23.0 Å². The lowest BCUT2D eigenvalue weighted by atomic mass is 10.1. The van der Waals surface area contributed by atoms with Gasteiger partial charge in [0.15, 0.2) is 11.5 Å². The molecule has 0 fully saturated rings. The molecule has 0 bridgehead atoms. The van der Waals surface area contributed by atoms with E-state index in [4.69, 9.17) is 14.2 Å². The number of nitrogens with zero attached hydrogens (tertiary/aromatic N) is 1. The fourth-order valence-electron chi connectivity index (χ4n) is 3.91. The zero-order valence-corrected chi connectivity index (χ0v) is 17.6. The zero-order chi connectivity index (χ0) is 22.0. The molecule has 0 saturated carbocycles. The number of rotatable bonds is 7. The number of carboxylic acid groups (broad SMARTS) is 1. The van der Waals surface area contributed by atoms with Gasteiger partial charge in [0.05, 0.1) is 38.3 Å². The second-order valence-electron chi connectivity index (χ2n) is 7.17. The number of benzene rings is 3. The molecule has 1 aliphatic rings. The van der Waals surface area contributed by atoms with Crippen molar-refractivity contribution in [2.45, 2.75) is 13.1 Å². The normalized spacial score (nSPS) is 12.3. The van der Waals surface area contributed by atoms with E-state index in [1.165, 1.54) is 5.56 Å². The Bertz CT molecular complexity index is 1130. The third kappa shape index (κ3) is 3.82. The van der Waals surface area contributed by atoms with E-state index in [1.807, 2.05) is 24.3 Å². The number of ether oxygens (including phenoxy) is 3. The van der Waals surface area contributed by atoms with Crippen molar-refractivity contribution in [2.24, 2.45) is 0 Å². The second-order valence-corrected chi connectivity index (χ2v) is 7.17. The van der Waals surface area contributed by atoms with Crippen LogP contribution in [-0.4, -0.2) is 32.4 Å². The number of hydrogen-bond acceptors (Lipinski definition) is 6. The van der Waals surface area contributed by atoms with Crippen molar-refractivity contribution in [3.8, 4) is 17.2 Å². The number of aromatic carboxylic acids is 1. The molecule has 2 N–H and O–H groups in total. The SMILES string of the molecule is COc1ccc(N2Cc3ccc(Nc4ccccc4C(=O)O)cc3C2)c(OC)c1OC. The molecule has 4 rings (SSSR count). The second kappa shape index (κ2) is 8.47. The van der Waals surface area contributed by atoms with E-state index in [9.17, 15) is 9.90 Å². The molecular weight excluding hydrogens is 396 g/mol. The molecule has 7 heteroatoms. The summed E-state index contributed by atoms with van der Waals surface area (Å²) in [6.45, 7) is 1.42. The summed E-state index contributed by atoms with van der Waals surface area (Å²) in [6.07, 6.45) is 0. The Morgan fingerprint density at radius 2 is 1.65 bits per heavy atom. The van der Waals surface area contributed by atoms with Gasteiger partial charge in [-0.2, -0.15) is 0 Å². The van der Waals surface area contributed by atoms with E-state index in [2.05, 4.69) is 22.3 Å². The van der Waals surface area contributed by atoms with Crippen LogP contribution < -0.4 is 24.4 Å². The van der Waals surface area contributed by atoms with Crippen LogP contribution in [0.5, 0.6) is 17.2 Å². The van der Waals surface area contributed by atoms with Gasteiger partial charge in [-0.25, -0.2) is 4.79 Å². The number of anilines is 3. The van der Waals surface area contributed by atoms with Crippen molar-refractivity contribution in [3.63, 3.8) is 0 Å². The molecule has 0 amide bonds. The lowest BCUT2D eigenvalue weighted by molar-refractivity contribution is 0.0698. The number of hydrogen-bond donors (Lipinski definition) is 2. The van der Waals surface area contributed by atoms with Gasteiger partial charge in [0.25, 0.3) is 0 Å². The maximum atomic E-state index is 11.5. The van der Waals surface area contributed by atoms with Gasteiger partial charge in [-0.3, -0.25) is 0 Å². The molecule has 0 unspecified atom stereocenters. The highest BCUT2D eigenvalue weighted by Gasteiger charge is 2.25. The average Bonchev–Trinajstić information content (AvgIpc) is 3.21. The highest BCUT2D eigenvalue weighted by atomic mass is 16.5. The molecule has 31 heavy (non-hydrogen) atoms. The van der Waals surface area contributed by atoms with Crippen LogP contribution >= 0.6 is 0 Å². The first-order valence-electron chi connectivity index (χ1n) is 9.80. The van der Waals surface area contributed by atoms with Gasteiger partial charge >= 0.3 is 5.97 Å². The van der Waals surface area contributed by atoms with Gasteiger partial charge in [0.2, 0.25) is 5.75 Å². The summed E-state index contributed by atoms with van der Waals surface area (Å²) in [7, 11) is 4.81. The lowest BCUT2D eigenvalue weighted by Crippen LogP contribution is -2.16. The third-order valence-electron chi connectivity index (χ3n) is 5.39. The van der Waals surface area contributed by atoms with Gasteiger partial charge in [-0.1, -0.05) is 18.2 Å². The lowest BCUT2D eigenvalue weighted by Gasteiger charge is -2.23. The Morgan fingerprint density at radius 1 is 0.903 bits per heavy atom. The summed E-state index contributed by atoms with van der Waals surface area (Å²) in [5.41, 5.74) is 4.92. The molecule has 160 valence electrons. The first-order chi connectivity index (χ1) is 15.0. The van der Waals surface area contributed by atoms with Crippen LogP contribution in [0.2, 0.25) is 0 Å². The molecule has 1 aliphatic heterocycles. The van der Waals surface area contributed by atoms with Gasteiger partial charge in [-0.15, -0.1) is 0 Å². The van der Waals surface area contributed by atoms with E-state index >= 15 is 0 Å². The molecule has 7 nitrogen and oxygen atoms in total. The molecule has 0 saturated heterocycles. The summed E-state index contributed by atoms with van der Waals surface area (Å²) in [4.78, 5) is 13.7. The van der Waals surface area contributed by atoms with Crippen molar-refractivity contribution in [1.82, 2.24) is 0 Å². The summed E-state index contributed by atoms with van der Waals surface area (Å²) in [5.74, 6) is 0.842. The smallest absolute Gasteiger partial charge is 0.337 e. The Morgan fingerprint density at radius 3 is 2.35 bits per heavy atom. The largest absolute Gasteiger partial charge is 0.493 e. The van der Waals surface area contributed by atoms with Crippen LogP contribution in [0.4, 0.5) is 17.1 Å². The minimum Gasteiger partial charge on any atom is -0.493 e. The quantitative estimate of drug-likeness (QED) is 0.575. The van der Waals surface area contributed by atoms with Crippen molar-refractivity contribution < 1.29 is 24.1 Å². The molecule has 0 atom stereocenters. The van der Waals surface area contributed by atoms with E-state index in [-0.39, 0.29) is 5.56 Å². The maximum Gasteiger partial charge on any atom is 0.337 e. The minimum absolute atomic E-state index is 0.236. The molecular formula is C24H24N2O5. The highest BCUT2D eigenvalue weighted by Crippen LogP contribution is 2.46. The van der Waals surface area contributed by atoms with E-state index in [0.717, 1.165) is 23.5 Å². The number of fused-ring (bicyclic) bond motifs is 1. The molecule has 1 heterocycles. The van der Waals surface area contributed by atoms with Crippen LogP contribution in [0.25, 0.3) is 0 Å². The number of carbonyl (C=O) groups is 1. The first-order valence-corrected chi connectivity index (χ1v) is 9.80. The molecule has 0 spiro atoms. The van der Waals surface area contributed by atoms with E-state index in [0.29, 0.717) is 29.5 Å². The van der Waals surface area contributed by atoms with Crippen molar-refractivity contribution in [2.75, 3.05) is 31.5 Å². The fourth-order valence-corrected chi connectivity index (χ4v) is 3.91. The molecule has 0 radical (unpaired) electrons. The highest BCUT2D eigenvalue weighted by molar-refractivity contribution is 5.95. The Labute approximate surface area is 180 Å². The topological polar surface area (TPSA) is 80.3 Å². The van der Waals surface area contributed by atoms with Gasteiger partial charge < -0.3 is 29.5 Å². The van der Waals surface area contributed by atoms with Gasteiger partial charge in [0.1, 0.15) is 0 Å². The number of methoxy groups -OCH3 is 3. The molecule has 3 aromatic carbocycles. The minimum atomic E-state index is -0.962. The van der Waals surface area contributed by atoms with Gasteiger partial charge in [-0.05, 0) is 47.5 Å². The number of nitrogens with one attached hydrogen (secondary N) is 1. The summed E-state index contributed by atoms with van der Waals surface area (Å²) in [5, 5.41) is 12.6. The Hall–Kier alpha value is -3.87. The maximum absolute atomic E-state index is 11.5. The van der Waals surface area contributed by atoms with E-state index < -0.39 is 5.97 Å². The van der Waals surface area contributed by atoms with Crippen molar-refractivity contribution in [3.05, 3.63) is 71.3 Å². The number of para-hydroxylation sites is 1. The Kier molecular flexibility index (Phi) is 5.58. The summed E-state index contributed by atoms with van der Waals surface area (Å²) >= 11 is 0. The average molecular weight is 420 g/mol. The monoisotopic (exact) mass is 420 g/mol. The molecule has 3 aromatic rings. The van der Waals surface area contributed by atoms with Crippen LogP contribution in [0, 0.1) is 0 Å². The number of carboxylic acids is 1. The summed E-state index contributed by atoms with van der Waals surface area (Å²) < 4.78 is 16.5. The van der Waals surface area contributed by atoms with Crippen LogP contribution in [0.3, 0.4) is 0 Å². The van der Waals surface area contributed by atoms with E-state index in [1.54, 1.807) is 39.5 Å². The standard InChI is InChI=1S/C24H24N2O5/c1-29-21-11-10-20(22(30-2)23(21)31-3)26-13-15-8-9-17(12-16(15)14-26)25-19-7-5-4-6-18(19)24(27)28/h4-12,25H,13-14H2,1-3H3,(H,27,28). The third-order valence-corrected chi connectivity index (χ3v) is 5.39. The predicted octanol–water partition coefficient (Wildman–Crippen LogP) is 4.67. The summed E-state index contributed by atoms with van der Waals surface area (Å²) in [6, 6.07) is 16.8. The fraction of sp³-hybridized carbons (Fsp3) is 0.208. The molecule has 0 aliphatic carbocycles. The van der Waals surface area contributed by atoms with Gasteiger partial charge in [0, 0.05) is 18.8 Å². The van der Waals surface area contributed by atoms with Crippen molar-refractivity contribution in [1.29, 1.82) is 0 Å². The molecule has 0 aromatic heterocycles. The van der Waals surface area contributed by atoms with Crippen LogP contribution in [0.15, 0.2) is 54.6 Å². The van der Waals surface area contributed by atoms with Crippen LogP contribution in [0.1, 0.15) is 21.5 Å². The Balaban J connectivity index is 1.61. The first kappa shape index (κ1) is 20.4. The zero-order valence-electron chi connectivity index (χ0n) is 17.6. The predicted molar refractivity (Wildman–Crippen MR) is 119 cm³/mol.